The fraction of sp³-hybridized carbons (Fsp3) is 1.00. The molecular weight excluding hydrogens is 202 g/mol. The second-order valence-corrected chi connectivity index (χ2v) is 5.93. The zero-order chi connectivity index (χ0) is 10.9. The average molecular weight is 229 g/mol. The third-order valence-corrected chi connectivity index (χ3v) is 4.13. The van der Waals surface area contributed by atoms with Crippen LogP contribution in [-0.2, 0) is 0 Å². The fourth-order valence-corrected chi connectivity index (χ4v) is 3.04. The predicted molar refractivity (Wildman–Crippen MR) is 71.7 cm³/mol. The highest BCUT2D eigenvalue weighted by Gasteiger charge is 2.17. The number of hydrogen-bond donors (Lipinski definition) is 1. The van der Waals surface area contributed by atoms with E-state index in [2.05, 4.69) is 18.5 Å². The molecule has 1 aliphatic rings. The number of nitrogens with one attached hydrogen (secondary N) is 1. The quantitative estimate of drug-likeness (QED) is 0.637. The molecular formula is C13H27NS. The van der Waals surface area contributed by atoms with Gasteiger partial charge in [0.2, 0.25) is 0 Å². The Morgan fingerprint density at radius 3 is 2.67 bits per heavy atom. The smallest absolute Gasteiger partial charge is 0.00413 e. The molecule has 90 valence electrons. The van der Waals surface area contributed by atoms with Gasteiger partial charge in [-0.2, -0.15) is 11.8 Å². The molecule has 2 heteroatoms. The molecule has 0 bridgehead atoms. The summed E-state index contributed by atoms with van der Waals surface area (Å²) in [5.41, 5.74) is 0. The highest BCUT2D eigenvalue weighted by molar-refractivity contribution is 7.98. The van der Waals surface area contributed by atoms with E-state index in [4.69, 9.17) is 0 Å². The maximum Gasteiger partial charge on any atom is 0.00413 e. The number of thioether (sulfide) groups is 1. The zero-order valence-corrected chi connectivity index (χ0v) is 11.2. The molecule has 1 nitrogen and oxygen atoms in total. The summed E-state index contributed by atoms with van der Waals surface area (Å²) in [6, 6.07) is 0.738. The van der Waals surface area contributed by atoms with Crippen LogP contribution in [0.25, 0.3) is 0 Å². The van der Waals surface area contributed by atoms with Crippen molar-refractivity contribution in [1.29, 1.82) is 0 Å². The minimum Gasteiger partial charge on any atom is -0.314 e. The van der Waals surface area contributed by atoms with E-state index in [0.29, 0.717) is 0 Å². The fourth-order valence-electron chi connectivity index (χ4n) is 2.55. The highest BCUT2D eigenvalue weighted by Crippen LogP contribution is 2.28. The van der Waals surface area contributed by atoms with Crippen LogP contribution in [0.1, 0.15) is 51.9 Å². The first-order valence-electron chi connectivity index (χ1n) is 6.55. The van der Waals surface area contributed by atoms with Gasteiger partial charge in [0.25, 0.3) is 0 Å². The Morgan fingerprint density at radius 2 is 2.00 bits per heavy atom. The van der Waals surface area contributed by atoms with Crippen LogP contribution in [0, 0.1) is 5.92 Å². The van der Waals surface area contributed by atoms with Gasteiger partial charge in [-0.25, -0.2) is 0 Å². The molecule has 1 fully saturated rings. The van der Waals surface area contributed by atoms with Crippen molar-refractivity contribution in [2.24, 2.45) is 5.92 Å². The van der Waals surface area contributed by atoms with Gasteiger partial charge in [-0.3, -0.25) is 0 Å². The molecule has 1 N–H and O–H groups in total. The molecule has 1 unspecified atom stereocenters. The second-order valence-electron chi connectivity index (χ2n) is 4.94. The van der Waals surface area contributed by atoms with Gasteiger partial charge in [0.1, 0.15) is 0 Å². The Bertz CT molecular complexity index is 143. The summed E-state index contributed by atoms with van der Waals surface area (Å²) in [7, 11) is 0. The molecule has 0 radical (unpaired) electrons. The van der Waals surface area contributed by atoms with Crippen LogP contribution in [0.3, 0.4) is 0 Å². The zero-order valence-electron chi connectivity index (χ0n) is 10.4. The topological polar surface area (TPSA) is 12.0 Å². The van der Waals surface area contributed by atoms with Crippen molar-refractivity contribution in [3.05, 3.63) is 0 Å². The van der Waals surface area contributed by atoms with Crippen molar-refractivity contribution < 1.29 is 0 Å². The van der Waals surface area contributed by atoms with Gasteiger partial charge in [0.15, 0.2) is 0 Å². The van der Waals surface area contributed by atoms with Crippen molar-refractivity contribution in [2.75, 3.05) is 18.6 Å². The molecule has 0 aromatic rings. The summed E-state index contributed by atoms with van der Waals surface area (Å²) in [4.78, 5) is 0. The molecule has 0 saturated heterocycles. The Kier molecular flexibility index (Phi) is 7.54. The van der Waals surface area contributed by atoms with Gasteiger partial charge < -0.3 is 5.32 Å². The summed E-state index contributed by atoms with van der Waals surface area (Å²) in [5, 5.41) is 3.66. The van der Waals surface area contributed by atoms with Gasteiger partial charge in [-0.05, 0) is 50.7 Å². The van der Waals surface area contributed by atoms with Crippen LogP contribution in [0.2, 0.25) is 0 Å². The van der Waals surface area contributed by atoms with E-state index in [1.165, 1.54) is 57.2 Å². The molecule has 15 heavy (non-hydrogen) atoms. The van der Waals surface area contributed by atoms with Gasteiger partial charge in [0, 0.05) is 6.04 Å². The Hall–Kier alpha value is 0.310. The molecule has 0 heterocycles. The Morgan fingerprint density at radius 1 is 1.27 bits per heavy atom. The van der Waals surface area contributed by atoms with E-state index in [9.17, 15) is 0 Å². The minimum atomic E-state index is 0.738. The molecule has 1 rings (SSSR count). The van der Waals surface area contributed by atoms with Crippen molar-refractivity contribution in [3.63, 3.8) is 0 Å². The summed E-state index contributed by atoms with van der Waals surface area (Å²) < 4.78 is 0. The third kappa shape index (κ3) is 6.47. The Labute approximate surface area is 99.8 Å². The van der Waals surface area contributed by atoms with E-state index in [1.807, 2.05) is 11.8 Å². The van der Waals surface area contributed by atoms with Crippen LogP contribution in [0.15, 0.2) is 0 Å². The second kappa shape index (κ2) is 8.46. The summed E-state index contributed by atoms with van der Waals surface area (Å²) >= 11 is 1.96. The van der Waals surface area contributed by atoms with Crippen molar-refractivity contribution >= 4 is 11.8 Å². The van der Waals surface area contributed by atoms with Gasteiger partial charge in [-0.1, -0.05) is 25.7 Å². The van der Waals surface area contributed by atoms with Crippen LogP contribution in [0.4, 0.5) is 0 Å². The van der Waals surface area contributed by atoms with E-state index < -0.39 is 0 Å². The molecule has 1 saturated carbocycles. The highest BCUT2D eigenvalue weighted by atomic mass is 32.2. The molecule has 0 spiro atoms. The van der Waals surface area contributed by atoms with Gasteiger partial charge >= 0.3 is 0 Å². The molecule has 0 aromatic carbocycles. The lowest BCUT2D eigenvalue weighted by Gasteiger charge is -2.17. The first-order chi connectivity index (χ1) is 7.33. The lowest BCUT2D eigenvalue weighted by atomic mass is 9.99. The van der Waals surface area contributed by atoms with E-state index in [-0.39, 0.29) is 0 Å². The van der Waals surface area contributed by atoms with Crippen LogP contribution in [-0.4, -0.2) is 24.6 Å². The maximum absolute atomic E-state index is 3.66. The third-order valence-electron chi connectivity index (χ3n) is 3.43. The Balaban J connectivity index is 1.91. The number of hydrogen-bond acceptors (Lipinski definition) is 2. The lowest BCUT2D eigenvalue weighted by molar-refractivity contribution is 0.403. The number of rotatable bonds is 8. The van der Waals surface area contributed by atoms with Crippen LogP contribution < -0.4 is 5.32 Å². The van der Waals surface area contributed by atoms with Crippen molar-refractivity contribution in [1.82, 2.24) is 5.32 Å². The number of unbranched alkanes of at least 4 members (excludes halogenated alkanes) is 1. The normalized spacial score (nSPS) is 19.6. The first kappa shape index (κ1) is 13.4. The van der Waals surface area contributed by atoms with E-state index in [0.717, 1.165) is 12.0 Å². The lowest BCUT2D eigenvalue weighted by Crippen LogP contribution is -2.28. The first-order valence-corrected chi connectivity index (χ1v) is 7.94. The molecule has 0 aliphatic heterocycles. The summed E-state index contributed by atoms with van der Waals surface area (Å²) in [6.45, 7) is 3.57. The van der Waals surface area contributed by atoms with Crippen molar-refractivity contribution in [3.8, 4) is 0 Å². The van der Waals surface area contributed by atoms with Crippen molar-refractivity contribution in [2.45, 2.75) is 57.9 Å². The van der Waals surface area contributed by atoms with E-state index in [1.54, 1.807) is 0 Å². The van der Waals surface area contributed by atoms with Gasteiger partial charge in [-0.15, -0.1) is 0 Å². The summed E-state index contributed by atoms with van der Waals surface area (Å²) in [6.07, 6.45) is 12.2. The SMILES string of the molecule is CSCCCCNC(C)CC1CCCC1. The van der Waals surface area contributed by atoms with E-state index >= 15 is 0 Å². The monoisotopic (exact) mass is 229 g/mol. The van der Waals surface area contributed by atoms with Gasteiger partial charge in [0.05, 0.1) is 0 Å². The largest absolute Gasteiger partial charge is 0.314 e. The summed E-state index contributed by atoms with van der Waals surface area (Å²) in [5.74, 6) is 2.34. The minimum absolute atomic E-state index is 0.738. The van der Waals surface area contributed by atoms with Crippen LogP contribution >= 0.6 is 11.8 Å². The average Bonchev–Trinajstić information content (AvgIpc) is 2.70. The predicted octanol–water partition coefficient (Wildman–Crippen LogP) is 3.69. The molecule has 1 aliphatic carbocycles. The molecule has 0 amide bonds. The van der Waals surface area contributed by atoms with Crippen LogP contribution in [0.5, 0.6) is 0 Å². The molecule has 1 atom stereocenters. The maximum atomic E-state index is 3.66. The molecule has 0 aromatic heterocycles. The standard InChI is InChI=1S/C13H27NS/c1-12(11-13-7-3-4-8-13)14-9-5-6-10-15-2/h12-14H,3-11H2,1-2H3.